The lowest BCUT2D eigenvalue weighted by Crippen LogP contribution is -2.45. The first-order valence-corrected chi connectivity index (χ1v) is 8.05. The molecular formula is C17H22ClNO3. The lowest BCUT2D eigenvalue weighted by molar-refractivity contribution is -0.146. The number of benzene rings is 1. The normalized spacial score (nSPS) is 20.0. The Labute approximate surface area is 136 Å². The molecule has 1 unspecified atom stereocenters. The van der Waals surface area contributed by atoms with Gasteiger partial charge in [-0.2, -0.15) is 0 Å². The molecule has 1 amide bonds. The molecule has 2 rings (SSSR count). The summed E-state index contributed by atoms with van der Waals surface area (Å²) in [6.07, 6.45) is 1.38. The van der Waals surface area contributed by atoms with Crippen LogP contribution in [0.25, 0.3) is 0 Å². The van der Waals surface area contributed by atoms with E-state index in [9.17, 15) is 14.7 Å². The molecular weight excluding hydrogens is 302 g/mol. The van der Waals surface area contributed by atoms with Gasteiger partial charge in [-0.1, -0.05) is 37.6 Å². The van der Waals surface area contributed by atoms with Crippen molar-refractivity contribution in [1.29, 1.82) is 0 Å². The fourth-order valence-corrected chi connectivity index (χ4v) is 3.29. The number of carboxylic acids is 1. The van der Waals surface area contributed by atoms with Crippen LogP contribution < -0.4 is 0 Å². The fourth-order valence-electron chi connectivity index (χ4n) is 3.09. The minimum absolute atomic E-state index is 0.00298. The summed E-state index contributed by atoms with van der Waals surface area (Å²) in [7, 11) is 0. The number of piperidine rings is 1. The summed E-state index contributed by atoms with van der Waals surface area (Å²) in [5.41, 5.74) is 0.893. The van der Waals surface area contributed by atoms with Gasteiger partial charge in [0.2, 0.25) is 5.91 Å². The van der Waals surface area contributed by atoms with E-state index in [1.165, 1.54) is 0 Å². The molecule has 0 saturated carbocycles. The number of likely N-dealkylation sites (tertiary alicyclic amines) is 1. The number of nitrogens with zero attached hydrogens (tertiary/aromatic N) is 1. The van der Waals surface area contributed by atoms with Gasteiger partial charge < -0.3 is 10.0 Å². The summed E-state index contributed by atoms with van der Waals surface area (Å²) in [5.74, 6) is -1.43. The highest BCUT2D eigenvalue weighted by Gasteiger charge is 2.33. The lowest BCUT2D eigenvalue weighted by Gasteiger charge is -2.34. The van der Waals surface area contributed by atoms with Crippen molar-refractivity contribution in [2.45, 2.75) is 32.6 Å². The van der Waals surface area contributed by atoms with Crippen LogP contribution in [0.4, 0.5) is 0 Å². The van der Waals surface area contributed by atoms with Crippen molar-refractivity contribution in [3.05, 3.63) is 34.9 Å². The molecule has 1 fully saturated rings. The van der Waals surface area contributed by atoms with Crippen LogP contribution in [0.2, 0.25) is 5.02 Å². The summed E-state index contributed by atoms with van der Waals surface area (Å²) < 4.78 is 0. The molecule has 1 saturated heterocycles. The summed E-state index contributed by atoms with van der Waals surface area (Å²) >= 11 is 6.05. The van der Waals surface area contributed by atoms with E-state index in [4.69, 9.17) is 11.6 Å². The number of halogens is 1. The molecule has 1 aromatic rings. The third-order valence-corrected chi connectivity index (χ3v) is 4.46. The number of carboxylic acid groups (broad SMARTS) is 1. The molecule has 1 N–H and O–H groups in total. The number of rotatable bonds is 4. The summed E-state index contributed by atoms with van der Waals surface area (Å²) in [5, 5.41) is 9.79. The van der Waals surface area contributed by atoms with E-state index in [1.807, 2.05) is 32.0 Å². The van der Waals surface area contributed by atoms with E-state index < -0.39 is 11.9 Å². The minimum Gasteiger partial charge on any atom is -0.481 e. The Morgan fingerprint density at radius 3 is 2.68 bits per heavy atom. The molecule has 0 bridgehead atoms. The van der Waals surface area contributed by atoms with Gasteiger partial charge >= 0.3 is 5.97 Å². The molecule has 22 heavy (non-hydrogen) atoms. The van der Waals surface area contributed by atoms with E-state index in [-0.39, 0.29) is 17.7 Å². The summed E-state index contributed by atoms with van der Waals surface area (Å²) in [6, 6.07) is 7.36. The van der Waals surface area contributed by atoms with Crippen LogP contribution >= 0.6 is 11.6 Å². The Hall–Kier alpha value is -1.55. The summed E-state index contributed by atoms with van der Waals surface area (Å²) in [4.78, 5) is 25.8. The Bertz CT molecular complexity index is 559. The van der Waals surface area contributed by atoms with Gasteiger partial charge in [-0.3, -0.25) is 9.59 Å². The zero-order valence-electron chi connectivity index (χ0n) is 13.0. The number of hydrogen-bond acceptors (Lipinski definition) is 2. The first-order valence-electron chi connectivity index (χ1n) is 7.67. The second-order valence-corrected chi connectivity index (χ2v) is 6.67. The lowest BCUT2D eigenvalue weighted by atomic mass is 9.86. The van der Waals surface area contributed by atoms with E-state index in [2.05, 4.69) is 0 Å². The van der Waals surface area contributed by atoms with Gasteiger partial charge in [0.15, 0.2) is 0 Å². The van der Waals surface area contributed by atoms with E-state index >= 15 is 0 Å². The first kappa shape index (κ1) is 16.8. The highest BCUT2D eigenvalue weighted by molar-refractivity contribution is 6.30. The van der Waals surface area contributed by atoms with Crippen molar-refractivity contribution in [3.63, 3.8) is 0 Å². The van der Waals surface area contributed by atoms with Gasteiger partial charge in [0, 0.05) is 18.1 Å². The highest BCUT2D eigenvalue weighted by atomic mass is 35.5. The van der Waals surface area contributed by atoms with Gasteiger partial charge in [0.1, 0.15) is 0 Å². The topological polar surface area (TPSA) is 57.6 Å². The van der Waals surface area contributed by atoms with Crippen LogP contribution in [-0.4, -0.2) is 35.0 Å². The Morgan fingerprint density at radius 2 is 2.09 bits per heavy atom. The Morgan fingerprint density at radius 1 is 1.36 bits per heavy atom. The molecule has 1 aromatic carbocycles. The molecule has 2 atom stereocenters. The Kier molecular flexibility index (Phi) is 5.46. The molecule has 4 nitrogen and oxygen atoms in total. The predicted octanol–water partition coefficient (Wildman–Crippen LogP) is 3.40. The van der Waals surface area contributed by atoms with Crippen LogP contribution in [0, 0.1) is 11.8 Å². The third-order valence-electron chi connectivity index (χ3n) is 4.22. The van der Waals surface area contributed by atoms with Crippen LogP contribution in [0.1, 0.15) is 38.2 Å². The van der Waals surface area contributed by atoms with Crippen molar-refractivity contribution in [2.75, 3.05) is 13.1 Å². The second kappa shape index (κ2) is 7.14. The zero-order chi connectivity index (χ0) is 16.3. The molecule has 0 aromatic heterocycles. The quantitative estimate of drug-likeness (QED) is 0.923. The van der Waals surface area contributed by atoms with Crippen molar-refractivity contribution in [3.8, 4) is 0 Å². The SMILES string of the molecule is CC(C)C(C(=O)N1CCC[C@H](C(=O)O)C1)c1cccc(Cl)c1. The molecule has 0 aliphatic carbocycles. The number of amides is 1. The van der Waals surface area contributed by atoms with Crippen LogP contribution in [0.15, 0.2) is 24.3 Å². The standard InChI is InChI=1S/C17H22ClNO3/c1-11(2)15(12-5-3-7-14(18)9-12)16(20)19-8-4-6-13(10-19)17(21)22/h3,5,7,9,11,13,15H,4,6,8,10H2,1-2H3,(H,21,22)/t13-,15?/m0/s1. The van der Waals surface area contributed by atoms with Crippen molar-refractivity contribution >= 4 is 23.5 Å². The third kappa shape index (κ3) is 3.80. The molecule has 1 heterocycles. The van der Waals surface area contributed by atoms with Gasteiger partial charge in [0.05, 0.1) is 11.8 Å². The number of aliphatic carboxylic acids is 1. The maximum absolute atomic E-state index is 12.9. The number of hydrogen-bond donors (Lipinski definition) is 1. The average molecular weight is 324 g/mol. The number of carbonyl (C=O) groups excluding carboxylic acids is 1. The molecule has 5 heteroatoms. The maximum atomic E-state index is 12.9. The van der Waals surface area contributed by atoms with Crippen molar-refractivity contribution < 1.29 is 14.7 Å². The smallest absolute Gasteiger partial charge is 0.308 e. The zero-order valence-corrected chi connectivity index (χ0v) is 13.7. The predicted molar refractivity (Wildman–Crippen MR) is 86.0 cm³/mol. The van der Waals surface area contributed by atoms with Crippen LogP contribution in [0.5, 0.6) is 0 Å². The molecule has 0 radical (unpaired) electrons. The average Bonchev–Trinajstić information content (AvgIpc) is 2.47. The monoisotopic (exact) mass is 323 g/mol. The summed E-state index contributed by atoms with van der Waals surface area (Å²) in [6.45, 7) is 4.94. The van der Waals surface area contributed by atoms with Crippen LogP contribution in [-0.2, 0) is 9.59 Å². The van der Waals surface area contributed by atoms with E-state index in [0.29, 0.717) is 24.5 Å². The van der Waals surface area contributed by atoms with Gasteiger partial charge in [0.25, 0.3) is 0 Å². The van der Waals surface area contributed by atoms with Crippen molar-refractivity contribution in [1.82, 2.24) is 4.90 Å². The van der Waals surface area contributed by atoms with Crippen molar-refractivity contribution in [2.24, 2.45) is 11.8 Å². The maximum Gasteiger partial charge on any atom is 0.308 e. The minimum atomic E-state index is -0.818. The van der Waals surface area contributed by atoms with Gasteiger partial charge in [-0.05, 0) is 36.5 Å². The molecule has 1 aliphatic heterocycles. The van der Waals surface area contributed by atoms with Gasteiger partial charge in [-0.15, -0.1) is 0 Å². The van der Waals surface area contributed by atoms with E-state index in [0.717, 1.165) is 12.0 Å². The molecule has 120 valence electrons. The molecule has 1 aliphatic rings. The van der Waals surface area contributed by atoms with E-state index in [1.54, 1.807) is 11.0 Å². The molecule has 0 spiro atoms. The fraction of sp³-hybridized carbons (Fsp3) is 0.529. The first-order chi connectivity index (χ1) is 10.4. The highest BCUT2D eigenvalue weighted by Crippen LogP contribution is 2.30. The second-order valence-electron chi connectivity index (χ2n) is 6.24. The van der Waals surface area contributed by atoms with Crippen LogP contribution in [0.3, 0.4) is 0 Å². The largest absolute Gasteiger partial charge is 0.481 e. The van der Waals surface area contributed by atoms with Gasteiger partial charge in [-0.25, -0.2) is 0 Å². The Balaban J connectivity index is 2.21. The number of carbonyl (C=O) groups is 2.